The molecule has 4 heteroatoms. The van der Waals surface area contributed by atoms with Gasteiger partial charge in [0, 0.05) is 18.9 Å². The molecule has 0 radical (unpaired) electrons. The van der Waals surface area contributed by atoms with E-state index in [9.17, 15) is 4.79 Å². The highest BCUT2D eigenvalue weighted by Gasteiger charge is 2.06. The Morgan fingerprint density at radius 2 is 2.46 bits per heavy atom. The zero-order chi connectivity index (χ0) is 9.84. The topological polar surface area (TPSA) is 60.1 Å². The third-order valence-corrected chi connectivity index (χ3v) is 1.91. The fourth-order valence-corrected chi connectivity index (χ4v) is 1.02. The van der Waals surface area contributed by atoms with E-state index in [1.165, 1.54) is 0 Å². The summed E-state index contributed by atoms with van der Waals surface area (Å²) in [4.78, 5) is 11.1. The van der Waals surface area contributed by atoms with Crippen molar-refractivity contribution in [2.75, 3.05) is 0 Å². The van der Waals surface area contributed by atoms with Gasteiger partial charge in [0.05, 0.1) is 12.6 Å². The lowest BCUT2D eigenvalue weighted by Crippen LogP contribution is -2.38. The van der Waals surface area contributed by atoms with Gasteiger partial charge in [-0.3, -0.25) is 4.79 Å². The second-order valence-electron chi connectivity index (χ2n) is 3.12. The van der Waals surface area contributed by atoms with Crippen LogP contribution in [0.15, 0.2) is 18.3 Å². The predicted octanol–water partition coefficient (Wildman–Crippen LogP) is -0.0115. The van der Waals surface area contributed by atoms with Crippen molar-refractivity contribution < 1.29 is 4.79 Å². The summed E-state index contributed by atoms with van der Waals surface area (Å²) >= 11 is 0. The molecule has 1 aromatic heterocycles. The Bertz CT molecular complexity index is 291. The number of carbonyl (C=O) groups is 1. The van der Waals surface area contributed by atoms with Crippen LogP contribution in [-0.4, -0.2) is 16.5 Å². The smallest absolute Gasteiger partial charge is 0.236 e. The molecule has 0 aliphatic heterocycles. The Morgan fingerprint density at radius 3 is 2.92 bits per heavy atom. The van der Waals surface area contributed by atoms with Crippen molar-refractivity contribution in [3.8, 4) is 0 Å². The van der Waals surface area contributed by atoms with E-state index < -0.39 is 6.04 Å². The van der Waals surface area contributed by atoms with Crippen LogP contribution in [0.3, 0.4) is 0 Å². The first-order chi connectivity index (χ1) is 6.11. The summed E-state index contributed by atoms with van der Waals surface area (Å²) in [5.41, 5.74) is 6.46. The van der Waals surface area contributed by atoms with E-state index >= 15 is 0 Å². The first-order valence-electron chi connectivity index (χ1n) is 4.24. The minimum Gasteiger partial charge on any atom is -0.353 e. The Hall–Kier alpha value is -1.29. The number of amides is 1. The lowest BCUT2D eigenvalue weighted by atomic mass is 10.3. The van der Waals surface area contributed by atoms with Gasteiger partial charge >= 0.3 is 0 Å². The fourth-order valence-electron chi connectivity index (χ4n) is 1.02. The second kappa shape index (κ2) is 4.09. The Kier molecular flexibility index (Phi) is 3.08. The number of carbonyl (C=O) groups excluding carboxylic acids is 1. The van der Waals surface area contributed by atoms with Gasteiger partial charge in [0.1, 0.15) is 0 Å². The van der Waals surface area contributed by atoms with Crippen LogP contribution in [0.2, 0.25) is 0 Å². The average Bonchev–Trinajstić information content (AvgIpc) is 2.47. The Morgan fingerprint density at radius 1 is 1.77 bits per heavy atom. The van der Waals surface area contributed by atoms with Gasteiger partial charge in [-0.05, 0) is 19.1 Å². The number of aromatic nitrogens is 1. The molecule has 0 aliphatic carbocycles. The molecule has 0 saturated heterocycles. The van der Waals surface area contributed by atoms with E-state index in [2.05, 4.69) is 5.32 Å². The van der Waals surface area contributed by atoms with E-state index in [4.69, 9.17) is 5.73 Å². The number of aryl methyl sites for hydroxylation is 1. The van der Waals surface area contributed by atoms with Crippen molar-refractivity contribution in [3.63, 3.8) is 0 Å². The highest BCUT2D eigenvalue weighted by atomic mass is 16.2. The monoisotopic (exact) mass is 181 g/mol. The predicted molar refractivity (Wildman–Crippen MR) is 50.9 cm³/mol. The van der Waals surface area contributed by atoms with Crippen LogP contribution >= 0.6 is 0 Å². The zero-order valence-electron chi connectivity index (χ0n) is 7.95. The van der Waals surface area contributed by atoms with Crippen LogP contribution in [0.4, 0.5) is 0 Å². The van der Waals surface area contributed by atoms with Crippen LogP contribution in [0, 0.1) is 0 Å². The summed E-state index contributed by atoms with van der Waals surface area (Å²) in [5, 5.41) is 2.74. The van der Waals surface area contributed by atoms with Crippen molar-refractivity contribution in [2.24, 2.45) is 12.8 Å². The molecule has 1 rings (SSSR count). The van der Waals surface area contributed by atoms with Gasteiger partial charge in [0.2, 0.25) is 5.91 Å². The molecule has 3 N–H and O–H groups in total. The third kappa shape index (κ3) is 2.59. The Balaban J connectivity index is 2.44. The number of hydrogen-bond acceptors (Lipinski definition) is 2. The summed E-state index contributed by atoms with van der Waals surface area (Å²) in [6.45, 7) is 2.20. The first kappa shape index (κ1) is 9.80. The SMILES string of the molecule is C[C@@H](N)C(=O)NCc1cccn1C. The third-order valence-electron chi connectivity index (χ3n) is 1.91. The molecule has 0 aromatic carbocycles. The number of nitrogens with zero attached hydrogens (tertiary/aromatic N) is 1. The van der Waals surface area contributed by atoms with Gasteiger partial charge in [-0.25, -0.2) is 0 Å². The molecule has 0 unspecified atom stereocenters. The molecule has 0 bridgehead atoms. The average molecular weight is 181 g/mol. The largest absolute Gasteiger partial charge is 0.353 e. The van der Waals surface area contributed by atoms with Gasteiger partial charge in [-0.2, -0.15) is 0 Å². The van der Waals surface area contributed by atoms with Crippen LogP contribution in [0.25, 0.3) is 0 Å². The molecular formula is C9H15N3O. The first-order valence-corrected chi connectivity index (χ1v) is 4.24. The molecule has 0 aliphatic rings. The van der Waals surface area contributed by atoms with Gasteiger partial charge < -0.3 is 15.6 Å². The molecule has 0 fully saturated rings. The summed E-state index contributed by atoms with van der Waals surface area (Å²) in [6.07, 6.45) is 1.94. The highest BCUT2D eigenvalue weighted by Crippen LogP contribution is 1.98. The minimum atomic E-state index is -0.444. The molecule has 1 heterocycles. The molecule has 0 saturated carbocycles. The van der Waals surface area contributed by atoms with Crippen molar-refractivity contribution >= 4 is 5.91 Å². The van der Waals surface area contributed by atoms with Crippen molar-refractivity contribution in [2.45, 2.75) is 19.5 Å². The lowest BCUT2D eigenvalue weighted by molar-refractivity contribution is -0.122. The van der Waals surface area contributed by atoms with E-state index in [-0.39, 0.29) is 5.91 Å². The summed E-state index contributed by atoms with van der Waals surface area (Å²) in [5.74, 6) is -0.124. The van der Waals surface area contributed by atoms with E-state index in [1.54, 1.807) is 6.92 Å². The number of nitrogens with two attached hydrogens (primary N) is 1. The fraction of sp³-hybridized carbons (Fsp3) is 0.444. The normalized spacial score (nSPS) is 12.5. The minimum absolute atomic E-state index is 0.124. The zero-order valence-corrected chi connectivity index (χ0v) is 7.95. The molecule has 1 atom stereocenters. The molecular weight excluding hydrogens is 166 g/mol. The van der Waals surface area contributed by atoms with E-state index in [0.717, 1.165) is 5.69 Å². The van der Waals surface area contributed by atoms with E-state index in [0.29, 0.717) is 6.54 Å². The standard InChI is InChI=1S/C9H15N3O/c1-7(10)9(13)11-6-8-4-3-5-12(8)2/h3-5,7H,6,10H2,1-2H3,(H,11,13)/t7-/m1/s1. The second-order valence-corrected chi connectivity index (χ2v) is 3.12. The maximum atomic E-state index is 11.1. The Labute approximate surface area is 77.7 Å². The molecule has 13 heavy (non-hydrogen) atoms. The molecule has 72 valence electrons. The van der Waals surface area contributed by atoms with Crippen molar-refractivity contribution in [1.29, 1.82) is 0 Å². The van der Waals surface area contributed by atoms with Gasteiger partial charge in [0.25, 0.3) is 0 Å². The van der Waals surface area contributed by atoms with Crippen LogP contribution in [0.1, 0.15) is 12.6 Å². The van der Waals surface area contributed by atoms with Gasteiger partial charge in [-0.15, -0.1) is 0 Å². The van der Waals surface area contributed by atoms with E-state index in [1.807, 2.05) is 29.9 Å². The molecule has 4 nitrogen and oxygen atoms in total. The summed E-state index contributed by atoms with van der Waals surface area (Å²) in [7, 11) is 1.94. The van der Waals surface area contributed by atoms with Crippen molar-refractivity contribution in [3.05, 3.63) is 24.0 Å². The molecule has 1 aromatic rings. The summed E-state index contributed by atoms with van der Waals surface area (Å²) < 4.78 is 1.96. The number of nitrogens with one attached hydrogen (secondary N) is 1. The van der Waals surface area contributed by atoms with Gasteiger partial charge in [-0.1, -0.05) is 0 Å². The molecule has 0 spiro atoms. The maximum absolute atomic E-state index is 11.1. The lowest BCUT2D eigenvalue weighted by Gasteiger charge is -2.08. The van der Waals surface area contributed by atoms with Crippen LogP contribution in [-0.2, 0) is 18.4 Å². The molecule has 1 amide bonds. The van der Waals surface area contributed by atoms with Crippen LogP contribution < -0.4 is 11.1 Å². The summed E-state index contributed by atoms with van der Waals surface area (Å²) in [6, 6.07) is 3.45. The van der Waals surface area contributed by atoms with Crippen LogP contribution in [0.5, 0.6) is 0 Å². The van der Waals surface area contributed by atoms with Crippen molar-refractivity contribution in [1.82, 2.24) is 9.88 Å². The maximum Gasteiger partial charge on any atom is 0.236 e. The highest BCUT2D eigenvalue weighted by molar-refractivity contribution is 5.80. The number of rotatable bonds is 3. The van der Waals surface area contributed by atoms with Gasteiger partial charge in [0.15, 0.2) is 0 Å². The quantitative estimate of drug-likeness (QED) is 0.689. The number of hydrogen-bond donors (Lipinski definition) is 2.